The summed E-state index contributed by atoms with van der Waals surface area (Å²) in [4.78, 5) is 16.7. The molecule has 0 radical (unpaired) electrons. The van der Waals surface area contributed by atoms with Crippen molar-refractivity contribution in [2.75, 3.05) is 0 Å². The Morgan fingerprint density at radius 1 is 1.05 bits per heavy atom. The molecule has 0 amide bonds. The summed E-state index contributed by atoms with van der Waals surface area (Å²) in [5.41, 5.74) is -0.371. The van der Waals surface area contributed by atoms with Crippen molar-refractivity contribution in [3.63, 3.8) is 0 Å². The number of fused-ring (bicyclic) bond motifs is 6. The molecule has 0 spiro atoms. The molecule has 1 aromatic heterocycles. The topological polar surface area (TPSA) is 83.6 Å². The van der Waals surface area contributed by atoms with E-state index in [0.717, 1.165) is 57.4 Å². The maximum atomic E-state index is 14.1. The van der Waals surface area contributed by atoms with E-state index in [-0.39, 0.29) is 34.4 Å². The average molecular weight is 530 g/mol. The Hall–Kier alpha value is -1.86. The number of aryl methyl sites for hydroxylation is 1. The molecule has 0 bridgehead atoms. The lowest BCUT2D eigenvalue weighted by molar-refractivity contribution is -0.174. The fourth-order valence-electron chi connectivity index (χ4n) is 9.98. The fraction of sp³-hybridized carbons (Fsp3) is 0.742. The van der Waals surface area contributed by atoms with Gasteiger partial charge < -0.3 is 14.6 Å². The van der Waals surface area contributed by atoms with Crippen molar-refractivity contribution in [2.45, 2.75) is 97.2 Å². The number of hydrogen-bond acceptors (Lipinski definition) is 5. The molecule has 7 heteroatoms. The van der Waals surface area contributed by atoms with Crippen molar-refractivity contribution < 1.29 is 23.4 Å². The number of nitrogens with zero attached hydrogens (tertiary/aromatic N) is 1. The number of aliphatic hydroxyl groups excluding tert-OH is 2. The minimum Gasteiger partial charge on any atom is -0.408 e. The summed E-state index contributed by atoms with van der Waals surface area (Å²) in [5.74, 6) is 0.639. The molecule has 2 aromatic rings. The van der Waals surface area contributed by atoms with Crippen LogP contribution in [-0.2, 0) is 6.42 Å². The number of halogens is 2. The molecule has 4 aliphatic rings. The van der Waals surface area contributed by atoms with E-state index in [1.807, 2.05) is 0 Å². The molecule has 38 heavy (non-hydrogen) atoms. The van der Waals surface area contributed by atoms with Crippen LogP contribution in [0.3, 0.4) is 0 Å². The number of aliphatic hydroxyl groups is 2. The van der Waals surface area contributed by atoms with Crippen LogP contribution >= 0.6 is 0 Å². The summed E-state index contributed by atoms with van der Waals surface area (Å²) in [6, 6.07) is 2.32. The van der Waals surface area contributed by atoms with Crippen molar-refractivity contribution in [1.82, 2.24) is 4.98 Å². The highest BCUT2D eigenvalue weighted by Gasteiger charge is 2.62. The van der Waals surface area contributed by atoms with Gasteiger partial charge in [-0.2, -0.15) is 0 Å². The van der Waals surface area contributed by atoms with Gasteiger partial charge in [0.2, 0.25) is 0 Å². The van der Waals surface area contributed by atoms with Crippen LogP contribution in [0.15, 0.2) is 21.3 Å². The first-order valence-corrected chi connectivity index (χ1v) is 14.7. The molecule has 6 rings (SSSR count). The Balaban J connectivity index is 1.18. The van der Waals surface area contributed by atoms with Crippen LogP contribution in [0.2, 0.25) is 0 Å². The normalized spacial score (nSPS) is 41.4. The minimum atomic E-state index is -1.21. The molecule has 5 nitrogen and oxygen atoms in total. The fourth-order valence-corrected chi connectivity index (χ4v) is 9.98. The van der Waals surface area contributed by atoms with E-state index in [1.165, 1.54) is 12.5 Å². The van der Waals surface area contributed by atoms with Crippen molar-refractivity contribution in [2.24, 2.45) is 46.3 Å². The molecule has 1 aromatic carbocycles. The van der Waals surface area contributed by atoms with Gasteiger partial charge in [-0.05, 0) is 116 Å². The first-order valence-electron chi connectivity index (χ1n) is 14.7. The summed E-state index contributed by atoms with van der Waals surface area (Å²) in [7, 11) is 0. The summed E-state index contributed by atoms with van der Waals surface area (Å²) >= 11 is 0. The van der Waals surface area contributed by atoms with Crippen LogP contribution in [0.4, 0.5) is 8.78 Å². The van der Waals surface area contributed by atoms with E-state index in [2.05, 4.69) is 25.8 Å². The SMILES string of the molecule is C[C@H](CCc1nc2ccc(F)c(F)c2c(=O)o1)[C@H]1CC[C@H]2[C@H]3C(CC[C@]12C)[C@@]1(C)CC[C@@H](O)C[C@H]1C[C@@H]3O. The van der Waals surface area contributed by atoms with E-state index in [9.17, 15) is 23.8 Å². The van der Waals surface area contributed by atoms with Gasteiger partial charge in [-0.1, -0.05) is 20.8 Å². The van der Waals surface area contributed by atoms with Gasteiger partial charge in [-0.25, -0.2) is 18.6 Å². The van der Waals surface area contributed by atoms with E-state index >= 15 is 0 Å². The maximum Gasteiger partial charge on any atom is 0.349 e. The first kappa shape index (κ1) is 26.4. The molecular formula is C31H41F2NO4. The maximum absolute atomic E-state index is 14.1. The van der Waals surface area contributed by atoms with Gasteiger partial charge in [0.1, 0.15) is 5.39 Å². The Bertz CT molecular complexity index is 1280. The number of benzene rings is 1. The highest BCUT2D eigenvalue weighted by atomic mass is 19.2. The van der Waals surface area contributed by atoms with Crippen molar-refractivity contribution in [3.05, 3.63) is 40.1 Å². The van der Waals surface area contributed by atoms with Gasteiger partial charge in [-0.15, -0.1) is 0 Å². The van der Waals surface area contributed by atoms with Gasteiger partial charge in [-0.3, -0.25) is 0 Å². The van der Waals surface area contributed by atoms with Gasteiger partial charge in [0.15, 0.2) is 17.5 Å². The lowest BCUT2D eigenvalue weighted by atomic mass is 9.43. The summed E-state index contributed by atoms with van der Waals surface area (Å²) in [5, 5.41) is 21.3. The molecule has 0 saturated heterocycles. The van der Waals surface area contributed by atoms with Gasteiger partial charge in [0.05, 0.1) is 17.7 Å². The molecule has 10 atom stereocenters. The zero-order valence-corrected chi connectivity index (χ0v) is 22.8. The van der Waals surface area contributed by atoms with E-state index in [0.29, 0.717) is 41.9 Å². The Morgan fingerprint density at radius 3 is 2.58 bits per heavy atom. The standard InChI is InChI=1S/C31H41F2NO4/c1-16(4-9-25-34-23-8-7-22(32)28(33)27(23)29(37)38-25)19-5-6-20-26-21(11-13-31(19,20)3)30(2)12-10-18(35)14-17(30)15-24(26)36/h7-8,16-21,24,26,35-36H,4-6,9-15H2,1-3H3/t16-,17+,18-,19-,20+,21?,24+,26+,30+,31-/m1/s1. The minimum absolute atomic E-state index is 0.127. The second-order valence-electron chi connectivity index (χ2n) is 13.6. The van der Waals surface area contributed by atoms with Gasteiger partial charge >= 0.3 is 5.63 Å². The number of aromatic nitrogens is 1. The molecule has 4 aliphatic carbocycles. The summed E-state index contributed by atoms with van der Waals surface area (Å²) in [6.07, 6.45) is 8.95. The molecule has 208 valence electrons. The van der Waals surface area contributed by atoms with Crippen LogP contribution < -0.4 is 5.63 Å². The summed E-state index contributed by atoms with van der Waals surface area (Å²) in [6.45, 7) is 7.16. The molecule has 4 saturated carbocycles. The van der Waals surface area contributed by atoms with Crippen LogP contribution in [-0.4, -0.2) is 27.4 Å². The number of hydrogen-bond donors (Lipinski definition) is 2. The highest BCUT2D eigenvalue weighted by molar-refractivity contribution is 5.77. The predicted molar refractivity (Wildman–Crippen MR) is 140 cm³/mol. The largest absolute Gasteiger partial charge is 0.408 e. The Kier molecular flexibility index (Phi) is 6.50. The zero-order valence-electron chi connectivity index (χ0n) is 22.8. The molecule has 2 N–H and O–H groups in total. The molecule has 4 fully saturated rings. The smallest absolute Gasteiger partial charge is 0.349 e. The average Bonchev–Trinajstić information content (AvgIpc) is 3.23. The number of rotatable bonds is 4. The first-order chi connectivity index (χ1) is 18.0. The Labute approximate surface area is 223 Å². The lowest BCUT2D eigenvalue weighted by Crippen LogP contribution is -2.58. The van der Waals surface area contributed by atoms with E-state index in [4.69, 9.17) is 4.42 Å². The third-order valence-electron chi connectivity index (χ3n) is 12.0. The van der Waals surface area contributed by atoms with Crippen molar-refractivity contribution >= 4 is 10.9 Å². The van der Waals surface area contributed by atoms with Crippen molar-refractivity contribution in [3.8, 4) is 0 Å². The van der Waals surface area contributed by atoms with E-state index < -0.39 is 22.6 Å². The lowest BCUT2D eigenvalue weighted by Gasteiger charge is -2.62. The van der Waals surface area contributed by atoms with Crippen LogP contribution in [0, 0.1) is 58.0 Å². The van der Waals surface area contributed by atoms with Crippen LogP contribution in [0.1, 0.15) is 84.4 Å². The third-order valence-corrected chi connectivity index (χ3v) is 12.0. The molecular weight excluding hydrogens is 488 g/mol. The second-order valence-corrected chi connectivity index (χ2v) is 13.6. The second kappa shape index (κ2) is 9.36. The van der Waals surface area contributed by atoms with Gasteiger partial charge in [0, 0.05) is 6.42 Å². The molecule has 1 unspecified atom stereocenters. The highest BCUT2D eigenvalue weighted by Crippen LogP contribution is 2.68. The monoisotopic (exact) mass is 529 g/mol. The quantitative estimate of drug-likeness (QED) is 0.506. The predicted octanol–water partition coefficient (Wildman–Crippen LogP) is 6.03. The van der Waals surface area contributed by atoms with E-state index in [1.54, 1.807) is 0 Å². The zero-order chi connectivity index (χ0) is 27.0. The molecule has 1 heterocycles. The third kappa shape index (κ3) is 3.97. The molecule has 0 aliphatic heterocycles. The Morgan fingerprint density at radius 2 is 1.79 bits per heavy atom. The summed E-state index contributed by atoms with van der Waals surface area (Å²) < 4.78 is 32.9. The van der Waals surface area contributed by atoms with Crippen molar-refractivity contribution in [1.29, 1.82) is 0 Å². The van der Waals surface area contributed by atoms with Crippen LogP contribution in [0.5, 0.6) is 0 Å². The van der Waals surface area contributed by atoms with Gasteiger partial charge in [0.25, 0.3) is 0 Å². The van der Waals surface area contributed by atoms with Crippen LogP contribution in [0.25, 0.3) is 10.9 Å².